The molecule has 0 aliphatic carbocycles. The van der Waals surface area contributed by atoms with Crippen molar-refractivity contribution in [3.8, 4) is 22.6 Å². The number of carbonyl (C=O) groups excluding carboxylic acids is 1. The molecule has 6 heteroatoms. The molecule has 1 heterocycles. The number of aromatic amines is 1. The van der Waals surface area contributed by atoms with Crippen LogP contribution < -0.4 is 15.6 Å². The molecule has 0 unspecified atom stereocenters. The minimum atomic E-state index is -0.297. The average molecular weight is 387 g/mol. The van der Waals surface area contributed by atoms with Crippen LogP contribution in [0.25, 0.3) is 22.0 Å². The number of para-hydroxylation sites is 1. The highest BCUT2D eigenvalue weighted by atomic mass is 16.5. The van der Waals surface area contributed by atoms with Gasteiger partial charge in [0, 0.05) is 28.6 Å². The molecule has 0 radical (unpaired) electrons. The summed E-state index contributed by atoms with van der Waals surface area (Å²) in [5.41, 5.74) is 9.31. The smallest absolute Gasteiger partial charge is 0.282 e. The Morgan fingerprint density at radius 3 is 2.55 bits per heavy atom. The summed E-state index contributed by atoms with van der Waals surface area (Å²) in [5.74, 6) is 0.602. The van der Waals surface area contributed by atoms with Crippen molar-refractivity contribution in [2.45, 2.75) is 6.54 Å². The van der Waals surface area contributed by atoms with Crippen molar-refractivity contribution in [3.63, 3.8) is 0 Å². The van der Waals surface area contributed by atoms with Crippen LogP contribution in [0.3, 0.4) is 0 Å². The first kappa shape index (κ1) is 18.6. The molecule has 4 N–H and O–H groups in total. The van der Waals surface area contributed by atoms with Gasteiger partial charge in [0.25, 0.3) is 5.91 Å². The molecule has 0 aliphatic rings. The molecule has 29 heavy (non-hydrogen) atoms. The van der Waals surface area contributed by atoms with Crippen molar-refractivity contribution in [1.82, 2.24) is 15.8 Å². The van der Waals surface area contributed by atoms with Gasteiger partial charge in [-0.05, 0) is 29.8 Å². The lowest BCUT2D eigenvalue weighted by Gasteiger charge is -2.09. The van der Waals surface area contributed by atoms with E-state index in [1.54, 1.807) is 25.3 Å². The molecule has 4 aromatic rings. The molecule has 0 saturated carbocycles. The molecule has 1 amide bonds. The van der Waals surface area contributed by atoms with Crippen LogP contribution in [0.5, 0.6) is 11.5 Å². The van der Waals surface area contributed by atoms with Crippen LogP contribution in [-0.2, 0) is 6.54 Å². The maximum Gasteiger partial charge on any atom is 0.282 e. The number of carbonyl (C=O) groups is 1. The van der Waals surface area contributed by atoms with Crippen molar-refractivity contribution >= 4 is 16.8 Å². The van der Waals surface area contributed by atoms with Gasteiger partial charge in [0.15, 0.2) is 0 Å². The summed E-state index contributed by atoms with van der Waals surface area (Å²) >= 11 is 0. The van der Waals surface area contributed by atoms with Gasteiger partial charge in [0.05, 0.1) is 7.11 Å². The molecule has 0 bridgehead atoms. The summed E-state index contributed by atoms with van der Waals surface area (Å²) in [5, 5.41) is 10.8. The maximum atomic E-state index is 12.9. The van der Waals surface area contributed by atoms with Gasteiger partial charge in [-0.25, -0.2) is 5.43 Å². The average Bonchev–Trinajstić information content (AvgIpc) is 3.14. The molecular formula is C23H21N3O3. The first-order valence-corrected chi connectivity index (χ1v) is 9.22. The van der Waals surface area contributed by atoms with Gasteiger partial charge in [-0.15, -0.1) is 0 Å². The van der Waals surface area contributed by atoms with Crippen LogP contribution >= 0.6 is 0 Å². The molecule has 4 rings (SSSR count). The van der Waals surface area contributed by atoms with E-state index in [4.69, 9.17) is 4.74 Å². The lowest BCUT2D eigenvalue weighted by molar-refractivity contribution is 0.0928. The number of rotatable bonds is 6. The van der Waals surface area contributed by atoms with E-state index in [2.05, 4.69) is 15.8 Å². The van der Waals surface area contributed by atoms with Crippen molar-refractivity contribution in [3.05, 3.63) is 84.1 Å². The van der Waals surface area contributed by atoms with E-state index in [1.165, 1.54) is 0 Å². The molecule has 0 atom stereocenters. The number of nitrogens with one attached hydrogen (secondary N) is 3. The topological polar surface area (TPSA) is 86.4 Å². The first-order valence-electron chi connectivity index (χ1n) is 9.22. The second kappa shape index (κ2) is 8.08. The number of phenols is 1. The van der Waals surface area contributed by atoms with Crippen LogP contribution in [0.1, 0.15) is 16.1 Å². The third kappa shape index (κ3) is 3.79. The quantitative estimate of drug-likeness (QED) is 0.377. The van der Waals surface area contributed by atoms with Crippen molar-refractivity contribution in [1.29, 1.82) is 0 Å². The summed E-state index contributed by atoms with van der Waals surface area (Å²) < 4.78 is 5.36. The highest BCUT2D eigenvalue weighted by Gasteiger charge is 2.19. The van der Waals surface area contributed by atoms with Gasteiger partial charge < -0.3 is 14.8 Å². The number of hydrogen-bond donors (Lipinski definition) is 4. The first-order chi connectivity index (χ1) is 14.2. The van der Waals surface area contributed by atoms with E-state index < -0.39 is 0 Å². The van der Waals surface area contributed by atoms with Gasteiger partial charge in [-0.1, -0.05) is 48.5 Å². The second-order valence-corrected chi connectivity index (χ2v) is 6.59. The van der Waals surface area contributed by atoms with E-state index in [-0.39, 0.29) is 11.7 Å². The maximum absolute atomic E-state index is 12.9. The van der Waals surface area contributed by atoms with Gasteiger partial charge in [-0.3, -0.25) is 10.2 Å². The second-order valence-electron chi connectivity index (χ2n) is 6.59. The van der Waals surface area contributed by atoms with Gasteiger partial charge in [0.2, 0.25) is 0 Å². The number of aromatic nitrogens is 1. The molecule has 0 saturated heterocycles. The van der Waals surface area contributed by atoms with E-state index in [0.717, 1.165) is 27.8 Å². The molecule has 0 aliphatic heterocycles. The van der Waals surface area contributed by atoms with E-state index in [1.807, 2.05) is 54.6 Å². The Morgan fingerprint density at radius 1 is 1.03 bits per heavy atom. The summed E-state index contributed by atoms with van der Waals surface area (Å²) in [6.07, 6.45) is 0. The number of phenolic OH excluding ortho intramolecular Hbond substituents is 1. The fourth-order valence-corrected chi connectivity index (χ4v) is 3.32. The lowest BCUT2D eigenvalue weighted by atomic mass is 10.0. The van der Waals surface area contributed by atoms with Crippen LogP contribution in [0.15, 0.2) is 72.8 Å². The third-order valence-electron chi connectivity index (χ3n) is 4.77. The molecule has 3 aromatic carbocycles. The predicted octanol–water partition coefficient (Wildman–Crippen LogP) is 3.98. The minimum absolute atomic E-state index is 0.178. The number of hydrogen-bond acceptors (Lipinski definition) is 4. The third-order valence-corrected chi connectivity index (χ3v) is 4.77. The zero-order chi connectivity index (χ0) is 20.2. The van der Waals surface area contributed by atoms with Gasteiger partial charge >= 0.3 is 0 Å². The molecule has 1 aromatic heterocycles. The number of H-pyrrole nitrogens is 1. The Labute approximate surface area is 168 Å². The Balaban J connectivity index is 1.65. The Bertz CT molecular complexity index is 1150. The lowest BCUT2D eigenvalue weighted by Crippen LogP contribution is -2.37. The number of aromatic hydroxyl groups is 1. The normalized spacial score (nSPS) is 10.8. The largest absolute Gasteiger partial charge is 0.508 e. The Morgan fingerprint density at radius 2 is 1.79 bits per heavy atom. The van der Waals surface area contributed by atoms with Crippen molar-refractivity contribution in [2.24, 2.45) is 0 Å². The summed E-state index contributed by atoms with van der Waals surface area (Å²) in [4.78, 5) is 16.2. The molecule has 0 spiro atoms. The Hall–Kier alpha value is -3.77. The van der Waals surface area contributed by atoms with E-state index in [9.17, 15) is 9.90 Å². The number of amides is 1. The van der Waals surface area contributed by atoms with Crippen molar-refractivity contribution in [2.75, 3.05) is 7.11 Å². The summed E-state index contributed by atoms with van der Waals surface area (Å²) in [7, 11) is 1.62. The number of methoxy groups -OCH3 is 1. The van der Waals surface area contributed by atoms with Crippen molar-refractivity contribution < 1.29 is 14.6 Å². The number of ether oxygens (including phenoxy) is 1. The molecule has 146 valence electrons. The molecule has 0 fully saturated rings. The van der Waals surface area contributed by atoms with E-state index in [0.29, 0.717) is 17.8 Å². The number of hydrazine groups is 1. The summed E-state index contributed by atoms with van der Waals surface area (Å²) in [6.45, 7) is 0.299. The Kier molecular flexibility index (Phi) is 5.18. The van der Waals surface area contributed by atoms with Crippen LogP contribution in [0.4, 0.5) is 0 Å². The predicted molar refractivity (Wildman–Crippen MR) is 113 cm³/mol. The number of fused-ring (bicyclic) bond motifs is 1. The molecular weight excluding hydrogens is 366 g/mol. The minimum Gasteiger partial charge on any atom is -0.508 e. The summed E-state index contributed by atoms with van der Waals surface area (Å²) in [6, 6.07) is 22.4. The fraction of sp³-hybridized carbons (Fsp3) is 0.0870. The van der Waals surface area contributed by atoms with Crippen LogP contribution in [-0.4, -0.2) is 23.1 Å². The molecule has 6 nitrogen and oxygen atoms in total. The highest BCUT2D eigenvalue weighted by molar-refractivity contribution is 6.09. The van der Waals surface area contributed by atoms with Crippen LogP contribution in [0.2, 0.25) is 0 Å². The van der Waals surface area contributed by atoms with Gasteiger partial charge in [-0.2, -0.15) is 0 Å². The highest BCUT2D eigenvalue weighted by Crippen LogP contribution is 2.34. The number of benzene rings is 3. The zero-order valence-electron chi connectivity index (χ0n) is 15.9. The van der Waals surface area contributed by atoms with E-state index >= 15 is 0 Å². The SMILES string of the molecule is COc1ccc2[nH]c(C(=O)NNCc3ccccc3O)c(-c3ccccc3)c2c1. The standard InChI is InChI=1S/C23H21N3O3/c1-29-17-11-12-19-18(13-17)21(15-7-3-2-4-8-15)22(25-19)23(28)26-24-14-16-9-5-6-10-20(16)27/h2-13,24-25,27H,14H2,1H3,(H,26,28). The monoisotopic (exact) mass is 387 g/mol. The zero-order valence-corrected chi connectivity index (χ0v) is 15.9. The van der Waals surface area contributed by atoms with Crippen LogP contribution in [0, 0.1) is 0 Å². The van der Waals surface area contributed by atoms with Gasteiger partial charge in [0.1, 0.15) is 17.2 Å². The fourth-order valence-electron chi connectivity index (χ4n) is 3.32.